The predicted octanol–water partition coefficient (Wildman–Crippen LogP) is 4.72. The molecule has 29 heavy (non-hydrogen) atoms. The van der Waals surface area contributed by atoms with Crippen LogP contribution in [0.5, 0.6) is 5.75 Å². The quantitative estimate of drug-likeness (QED) is 0.436. The first-order valence-electron chi connectivity index (χ1n) is 8.58. The maximum Gasteiger partial charge on any atom is 0.145 e. The minimum absolute atomic E-state index is 0.144. The Kier molecular flexibility index (Phi) is 6.13. The van der Waals surface area contributed by atoms with Gasteiger partial charge in [0.2, 0.25) is 0 Å². The van der Waals surface area contributed by atoms with Gasteiger partial charge in [-0.2, -0.15) is 15.6 Å². The van der Waals surface area contributed by atoms with Crippen LogP contribution < -0.4 is 10.5 Å². The molecule has 0 atom stereocenters. The molecule has 0 spiro atoms. The molecule has 2 N–H and O–H groups in total. The summed E-state index contributed by atoms with van der Waals surface area (Å²) in [5.74, 6) is 0.752. The van der Waals surface area contributed by atoms with Crippen molar-refractivity contribution in [1.82, 2.24) is 9.78 Å². The Morgan fingerprint density at radius 2 is 2.00 bits per heavy atom. The highest BCUT2D eigenvalue weighted by Gasteiger charge is 2.20. The molecule has 0 radical (unpaired) electrons. The second kappa shape index (κ2) is 8.92. The zero-order valence-corrected chi connectivity index (χ0v) is 16.9. The van der Waals surface area contributed by atoms with Crippen molar-refractivity contribution in [3.63, 3.8) is 0 Å². The highest BCUT2D eigenvalue weighted by Crippen LogP contribution is 2.30. The van der Waals surface area contributed by atoms with Crippen molar-refractivity contribution in [2.45, 2.75) is 0 Å². The fourth-order valence-electron chi connectivity index (χ4n) is 2.72. The van der Waals surface area contributed by atoms with Crippen molar-refractivity contribution in [3.8, 4) is 23.6 Å². The van der Waals surface area contributed by atoms with Crippen molar-refractivity contribution < 1.29 is 4.74 Å². The topological polar surface area (TPSA) is 101 Å². The number of benzene rings is 2. The first-order valence-corrected chi connectivity index (χ1v) is 9.37. The molecule has 2 aromatic carbocycles. The summed E-state index contributed by atoms with van der Waals surface area (Å²) in [5, 5.41) is 23.8. The Hall–Kier alpha value is -3.81. The third-order valence-corrected chi connectivity index (χ3v) is 4.53. The van der Waals surface area contributed by atoms with Crippen molar-refractivity contribution >= 4 is 33.4 Å². The molecule has 3 aromatic rings. The van der Waals surface area contributed by atoms with Crippen LogP contribution in [0.15, 0.2) is 65.7 Å². The third-order valence-electron chi connectivity index (χ3n) is 4.04. The molecule has 0 aliphatic rings. The zero-order chi connectivity index (χ0) is 20.8. The Labute approximate surface area is 176 Å². The number of aromatic nitrogens is 2. The molecule has 142 valence electrons. The van der Waals surface area contributed by atoms with Gasteiger partial charge in [0.15, 0.2) is 0 Å². The van der Waals surface area contributed by atoms with Crippen LogP contribution in [0.2, 0.25) is 0 Å². The van der Waals surface area contributed by atoms with Gasteiger partial charge in [-0.15, -0.1) is 0 Å². The van der Waals surface area contributed by atoms with E-state index < -0.39 is 0 Å². The minimum Gasteiger partial charge on any atom is -0.489 e. The number of anilines is 1. The molecular formula is C22H16BrN5O. The van der Waals surface area contributed by atoms with Gasteiger partial charge in [0.05, 0.1) is 11.3 Å². The van der Waals surface area contributed by atoms with E-state index in [4.69, 9.17) is 10.5 Å². The van der Waals surface area contributed by atoms with Gasteiger partial charge in [0.1, 0.15) is 41.6 Å². The molecular weight excluding hydrogens is 430 g/mol. The number of nitrogen functional groups attached to an aromatic ring is 1. The smallest absolute Gasteiger partial charge is 0.145 e. The van der Waals surface area contributed by atoms with Gasteiger partial charge >= 0.3 is 0 Å². The van der Waals surface area contributed by atoms with Crippen molar-refractivity contribution in [2.75, 3.05) is 12.3 Å². The summed E-state index contributed by atoms with van der Waals surface area (Å²) in [6.45, 7) is 3.97. The molecule has 0 saturated heterocycles. The fourth-order valence-corrected chi connectivity index (χ4v) is 3.10. The number of halogens is 1. The Morgan fingerprint density at radius 1 is 1.24 bits per heavy atom. The van der Waals surface area contributed by atoms with E-state index in [2.05, 4.69) is 39.7 Å². The number of allylic oxidation sites excluding steroid dienone is 1. The van der Waals surface area contributed by atoms with E-state index in [1.807, 2.05) is 42.5 Å². The normalized spacial score (nSPS) is 10.8. The Morgan fingerprint density at radius 3 is 2.66 bits per heavy atom. The van der Waals surface area contributed by atoms with Gasteiger partial charge in [-0.25, -0.2) is 4.68 Å². The van der Waals surface area contributed by atoms with Gasteiger partial charge in [0, 0.05) is 10.0 Å². The molecule has 0 fully saturated rings. The highest BCUT2D eigenvalue weighted by atomic mass is 79.9. The Bertz CT molecular complexity index is 1170. The van der Waals surface area contributed by atoms with E-state index in [9.17, 15) is 10.5 Å². The third kappa shape index (κ3) is 4.21. The lowest BCUT2D eigenvalue weighted by molar-refractivity contribution is 0.362. The van der Waals surface area contributed by atoms with Crippen LogP contribution in [-0.4, -0.2) is 16.4 Å². The van der Waals surface area contributed by atoms with Crippen LogP contribution in [0.25, 0.3) is 17.3 Å². The maximum absolute atomic E-state index is 9.78. The van der Waals surface area contributed by atoms with E-state index in [1.54, 1.807) is 18.2 Å². The monoisotopic (exact) mass is 445 g/mol. The van der Waals surface area contributed by atoms with Crippen LogP contribution in [0.1, 0.15) is 16.8 Å². The lowest BCUT2D eigenvalue weighted by Crippen LogP contribution is -2.02. The molecule has 0 amide bonds. The summed E-state index contributed by atoms with van der Waals surface area (Å²) in [4.78, 5) is 0. The molecule has 0 aliphatic carbocycles. The predicted molar refractivity (Wildman–Crippen MR) is 116 cm³/mol. The largest absolute Gasteiger partial charge is 0.489 e. The lowest BCUT2D eigenvalue weighted by Gasteiger charge is -2.08. The summed E-state index contributed by atoms with van der Waals surface area (Å²) < 4.78 is 7.94. The molecule has 0 aliphatic heterocycles. The fraction of sp³-hybridized carbons (Fsp3) is 0.0455. The number of rotatable bonds is 6. The van der Waals surface area contributed by atoms with E-state index in [0.29, 0.717) is 23.6 Å². The molecule has 6 nitrogen and oxygen atoms in total. The van der Waals surface area contributed by atoms with Gasteiger partial charge in [-0.1, -0.05) is 46.8 Å². The van der Waals surface area contributed by atoms with E-state index in [1.165, 1.54) is 4.68 Å². The maximum atomic E-state index is 9.78. The van der Waals surface area contributed by atoms with Gasteiger partial charge in [0.25, 0.3) is 0 Å². The van der Waals surface area contributed by atoms with Crippen LogP contribution in [0, 0.1) is 22.7 Å². The average Bonchev–Trinajstić information content (AvgIpc) is 3.08. The number of hydrogen-bond donors (Lipinski definition) is 1. The van der Waals surface area contributed by atoms with Crippen molar-refractivity contribution in [3.05, 3.63) is 82.5 Å². The van der Waals surface area contributed by atoms with Gasteiger partial charge in [-0.05, 0) is 36.4 Å². The summed E-state index contributed by atoms with van der Waals surface area (Å²) in [5.41, 5.74) is 8.06. The summed E-state index contributed by atoms with van der Waals surface area (Å²) in [7, 11) is 0. The first kappa shape index (κ1) is 19.9. The van der Waals surface area contributed by atoms with Crippen LogP contribution >= 0.6 is 15.9 Å². The Balaban J connectivity index is 2.15. The van der Waals surface area contributed by atoms with E-state index >= 15 is 0 Å². The average molecular weight is 446 g/mol. The first-order chi connectivity index (χ1) is 14.1. The number of ether oxygens (including phenoxy) is 1. The number of para-hydroxylation sites is 1. The molecule has 7 heteroatoms. The van der Waals surface area contributed by atoms with Crippen LogP contribution in [-0.2, 0) is 0 Å². The number of nitriles is 2. The molecule has 0 saturated carbocycles. The number of hydrogen-bond acceptors (Lipinski definition) is 5. The molecule has 1 heterocycles. The zero-order valence-electron chi connectivity index (χ0n) is 15.3. The van der Waals surface area contributed by atoms with Crippen LogP contribution in [0.4, 0.5) is 5.82 Å². The molecule has 0 unspecified atom stereocenters. The van der Waals surface area contributed by atoms with Gasteiger partial charge < -0.3 is 10.5 Å². The standard InChI is InChI=1S/C22H16BrN5O/c1-2-10-29-20-9-8-17(23)12-15(20)11-16(13-24)21-19(14-25)22(26)28(27-21)18-6-4-3-5-7-18/h2-9,11-12H,1,10,26H2. The minimum atomic E-state index is 0.144. The second-order valence-corrected chi connectivity index (χ2v) is 6.84. The lowest BCUT2D eigenvalue weighted by atomic mass is 10.1. The van der Waals surface area contributed by atoms with Crippen molar-refractivity contribution in [1.29, 1.82) is 10.5 Å². The highest BCUT2D eigenvalue weighted by molar-refractivity contribution is 9.10. The van der Waals surface area contributed by atoms with Gasteiger partial charge in [-0.3, -0.25) is 0 Å². The summed E-state index contributed by atoms with van der Waals surface area (Å²) in [6.07, 6.45) is 3.26. The summed E-state index contributed by atoms with van der Waals surface area (Å²) >= 11 is 3.43. The van der Waals surface area contributed by atoms with E-state index in [0.717, 1.165) is 4.47 Å². The SMILES string of the molecule is C=CCOc1ccc(Br)cc1C=C(C#N)c1nn(-c2ccccc2)c(N)c1C#N. The van der Waals surface area contributed by atoms with Crippen LogP contribution in [0.3, 0.4) is 0 Å². The number of nitrogens with zero attached hydrogens (tertiary/aromatic N) is 4. The number of nitrogens with two attached hydrogens (primary N) is 1. The molecule has 3 rings (SSSR count). The molecule has 1 aromatic heterocycles. The second-order valence-electron chi connectivity index (χ2n) is 5.92. The molecule has 0 bridgehead atoms. The van der Waals surface area contributed by atoms with Crippen molar-refractivity contribution in [2.24, 2.45) is 0 Å². The summed E-state index contributed by atoms with van der Waals surface area (Å²) in [6, 6.07) is 18.8. The van der Waals surface area contributed by atoms with E-state index in [-0.39, 0.29) is 22.6 Å².